The van der Waals surface area contributed by atoms with Crippen LogP contribution in [0, 0.1) is 0 Å². The van der Waals surface area contributed by atoms with Gasteiger partial charge in [0.2, 0.25) is 0 Å². The van der Waals surface area contributed by atoms with E-state index in [-0.39, 0.29) is 5.91 Å². The van der Waals surface area contributed by atoms with E-state index >= 15 is 0 Å². The Morgan fingerprint density at radius 3 is 2.63 bits per heavy atom. The molecule has 1 aromatic carbocycles. The summed E-state index contributed by atoms with van der Waals surface area (Å²) < 4.78 is 7.23. The van der Waals surface area contributed by atoms with E-state index in [0.29, 0.717) is 17.3 Å². The van der Waals surface area contributed by atoms with Crippen LogP contribution in [0.3, 0.4) is 0 Å². The van der Waals surface area contributed by atoms with Crippen molar-refractivity contribution < 1.29 is 9.53 Å². The summed E-state index contributed by atoms with van der Waals surface area (Å²) in [5, 5.41) is 7.28. The Morgan fingerprint density at radius 1 is 1.11 bits per heavy atom. The lowest BCUT2D eigenvalue weighted by Gasteiger charge is -2.28. The van der Waals surface area contributed by atoms with Gasteiger partial charge in [-0.1, -0.05) is 0 Å². The van der Waals surface area contributed by atoms with E-state index in [4.69, 9.17) is 4.74 Å². The van der Waals surface area contributed by atoms with Crippen molar-refractivity contribution in [2.24, 2.45) is 0 Å². The summed E-state index contributed by atoms with van der Waals surface area (Å²) in [7, 11) is 0. The van der Waals surface area contributed by atoms with Gasteiger partial charge in [-0.25, -0.2) is 9.50 Å². The van der Waals surface area contributed by atoms with Gasteiger partial charge in [0, 0.05) is 42.1 Å². The minimum atomic E-state index is -0.195. The van der Waals surface area contributed by atoms with E-state index in [1.807, 2.05) is 40.9 Å². The number of nitrogens with zero attached hydrogens (tertiary/aromatic N) is 4. The summed E-state index contributed by atoms with van der Waals surface area (Å²) in [5.41, 5.74) is 4.12. The Bertz CT molecular complexity index is 972. The predicted octanol–water partition coefficient (Wildman–Crippen LogP) is 2.70. The smallest absolute Gasteiger partial charge is 0.274 e. The molecule has 0 atom stereocenters. The van der Waals surface area contributed by atoms with Crippen molar-refractivity contribution in [3.63, 3.8) is 0 Å². The highest BCUT2D eigenvalue weighted by atomic mass is 16.5. The number of hydrogen-bond donors (Lipinski definition) is 1. The topological polar surface area (TPSA) is 71.8 Å². The molecule has 27 heavy (non-hydrogen) atoms. The van der Waals surface area contributed by atoms with E-state index in [9.17, 15) is 4.79 Å². The highest BCUT2D eigenvalue weighted by Gasteiger charge is 2.28. The third kappa shape index (κ3) is 3.26. The molecule has 1 saturated heterocycles. The number of carbonyl (C=O) groups excluding carboxylic acids is 1. The molecule has 0 radical (unpaired) electrons. The molecule has 0 bridgehead atoms. The van der Waals surface area contributed by atoms with Crippen molar-refractivity contribution in [2.75, 3.05) is 36.5 Å². The van der Waals surface area contributed by atoms with Crippen molar-refractivity contribution in [1.29, 1.82) is 0 Å². The largest absolute Gasteiger partial charge is 0.378 e. The van der Waals surface area contributed by atoms with Crippen molar-refractivity contribution >= 4 is 22.9 Å². The van der Waals surface area contributed by atoms with E-state index in [0.717, 1.165) is 56.2 Å². The molecule has 1 aliphatic heterocycles. The number of fused-ring (bicyclic) bond motifs is 1. The highest BCUT2D eigenvalue weighted by Crippen LogP contribution is 2.40. The standard InChI is InChI=1S/C20H21N5O2/c26-20(17-13-18(14-1-2-14)25-19(23-17)7-8-21-25)22-15-3-5-16(6-4-15)24-9-11-27-12-10-24/h3-8,13-14H,1-2,9-12H2,(H,22,26). The Hall–Kier alpha value is -2.93. The fourth-order valence-corrected chi connectivity index (χ4v) is 3.50. The Balaban J connectivity index is 1.35. The molecule has 1 N–H and O–H groups in total. The van der Waals surface area contributed by atoms with Crippen molar-refractivity contribution in [2.45, 2.75) is 18.8 Å². The molecule has 5 rings (SSSR count). The zero-order valence-electron chi connectivity index (χ0n) is 15.0. The first-order valence-electron chi connectivity index (χ1n) is 9.37. The predicted molar refractivity (Wildman–Crippen MR) is 102 cm³/mol. The molecule has 0 spiro atoms. The lowest BCUT2D eigenvalue weighted by Crippen LogP contribution is -2.36. The van der Waals surface area contributed by atoms with Crippen LogP contribution < -0.4 is 10.2 Å². The molecule has 2 fully saturated rings. The van der Waals surface area contributed by atoms with Gasteiger partial charge in [-0.05, 0) is 43.2 Å². The second kappa shape index (κ2) is 6.66. The Kier molecular flexibility index (Phi) is 4.01. The number of hydrogen-bond acceptors (Lipinski definition) is 5. The number of nitrogens with one attached hydrogen (secondary N) is 1. The number of rotatable bonds is 4. The molecule has 7 nitrogen and oxygen atoms in total. The number of amides is 1. The second-order valence-corrected chi connectivity index (χ2v) is 7.04. The molecule has 2 aromatic heterocycles. The zero-order valence-corrected chi connectivity index (χ0v) is 15.0. The van der Waals surface area contributed by atoms with Gasteiger partial charge in [-0.3, -0.25) is 4.79 Å². The molecule has 3 heterocycles. The summed E-state index contributed by atoms with van der Waals surface area (Å²) in [6, 6.07) is 11.6. The normalized spacial score (nSPS) is 17.3. The molecule has 7 heteroatoms. The van der Waals surface area contributed by atoms with Crippen LogP contribution in [0.1, 0.15) is 34.9 Å². The maximum atomic E-state index is 12.7. The molecular formula is C20H21N5O2. The number of benzene rings is 1. The summed E-state index contributed by atoms with van der Waals surface area (Å²) in [6.45, 7) is 3.30. The van der Waals surface area contributed by atoms with Gasteiger partial charge in [0.25, 0.3) is 5.91 Å². The third-order valence-electron chi connectivity index (χ3n) is 5.12. The zero-order chi connectivity index (χ0) is 18.2. The first-order chi connectivity index (χ1) is 13.3. The maximum absolute atomic E-state index is 12.7. The van der Waals surface area contributed by atoms with Crippen LogP contribution in [-0.2, 0) is 4.74 Å². The quantitative estimate of drug-likeness (QED) is 0.772. The molecule has 138 valence electrons. The Labute approximate surface area is 157 Å². The van der Waals surface area contributed by atoms with Crippen LogP contribution >= 0.6 is 0 Å². The van der Waals surface area contributed by atoms with E-state index in [1.54, 1.807) is 6.20 Å². The second-order valence-electron chi connectivity index (χ2n) is 7.04. The van der Waals surface area contributed by atoms with Crippen LogP contribution in [0.15, 0.2) is 42.6 Å². The number of carbonyl (C=O) groups is 1. The Morgan fingerprint density at radius 2 is 1.89 bits per heavy atom. The first kappa shape index (κ1) is 16.3. The average molecular weight is 363 g/mol. The minimum absolute atomic E-state index is 0.195. The lowest BCUT2D eigenvalue weighted by molar-refractivity contribution is 0.102. The van der Waals surface area contributed by atoms with Gasteiger partial charge in [0.05, 0.1) is 19.4 Å². The third-order valence-corrected chi connectivity index (χ3v) is 5.12. The van der Waals surface area contributed by atoms with Crippen LogP contribution in [0.5, 0.6) is 0 Å². The SMILES string of the molecule is O=C(Nc1ccc(N2CCOCC2)cc1)c1cc(C2CC2)n2nccc2n1. The molecule has 1 aliphatic carbocycles. The average Bonchev–Trinajstić information content (AvgIpc) is 3.45. The summed E-state index contributed by atoms with van der Waals surface area (Å²) in [6.07, 6.45) is 4.01. The summed E-state index contributed by atoms with van der Waals surface area (Å²) in [5.74, 6) is 0.287. The molecule has 3 aromatic rings. The fraction of sp³-hybridized carbons (Fsp3) is 0.350. The first-order valence-corrected chi connectivity index (χ1v) is 9.37. The lowest BCUT2D eigenvalue weighted by atomic mass is 10.2. The molecular weight excluding hydrogens is 342 g/mol. The molecule has 0 unspecified atom stereocenters. The summed E-state index contributed by atoms with van der Waals surface area (Å²) >= 11 is 0. The van der Waals surface area contributed by atoms with Crippen molar-refractivity contribution in [1.82, 2.24) is 14.6 Å². The van der Waals surface area contributed by atoms with Crippen LogP contribution in [0.25, 0.3) is 5.65 Å². The fourth-order valence-electron chi connectivity index (χ4n) is 3.50. The molecule has 2 aliphatic rings. The number of ether oxygens (including phenoxy) is 1. The van der Waals surface area contributed by atoms with Crippen molar-refractivity contribution in [3.05, 3.63) is 54.0 Å². The van der Waals surface area contributed by atoms with Crippen LogP contribution in [0.4, 0.5) is 11.4 Å². The maximum Gasteiger partial charge on any atom is 0.274 e. The molecule has 1 saturated carbocycles. The number of aromatic nitrogens is 3. The number of anilines is 2. The highest BCUT2D eigenvalue weighted by molar-refractivity contribution is 6.03. The van der Waals surface area contributed by atoms with Gasteiger partial charge < -0.3 is 15.0 Å². The van der Waals surface area contributed by atoms with E-state index in [2.05, 4.69) is 20.3 Å². The van der Waals surface area contributed by atoms with Crippen LogP contribution in [0.2, 0.25) is 0 Å². The monoisotopic (exact) mass is 363 g/mol. The van der Waals surface area contributed by atoms with Gasteiger partial charge in [0.15, 0.2) is 5.65 Å². The van der Waals surface area contributed by atoms with Gasteiger partial charge >= 0.3 is 0 Å². The number of morpholine rings is 1. The van der Waals surface area contributed by atoms with Gasteiger partial charge in [0.1, 0.15) is 5.69 Å². The van der Waals surface area contributed by atoms with E-state index in [1.165, 1.54) is 0 Å². The van der Waals surface area contributed by atoms with Crippen LogP contribution in [-0.4, -0.2) is 46.8 Å². The van der Waals surface area contributed by atoms with Crippen molar-refractivity contribution in [3.8, 4) is 0 Å². The minimum Gasteiger partial charge on any atom is -0.378 e. The van der Waals surface area contributed by atoms with Gasteiger partial charge in [-0.15, -0.1) is 0 Å². The summed E-state index contributed by atoms with van der Waals surface area (Å²) in [4.78, 5) is 19.5. The molecule has 1 amide bonds. The van der Waals surface area contributed by atoms with E-state index < -0.39 is 0 Å². The van der Waals surface area contributed by atoms with Gasteiger partial charge in [-0.2, -0.15) is 5.10 Å².